The van der Waals surface area contributed by atoms with Gasteiger partial charge in [0.1, 0.15) is 11.3 Å². The third-order valence-corrected chi connectivity index (χ3v) is 7.80. The number of aromatic nitrogens is 3. The number of fused-ring (bicyclic) bond motifs is 1. The lowest BCUT2D eigenvalue weighted by Gasteiger charge is -2.35. The minimum Gasteiger partial charge on any atom is -0.496 e. The van der Waals surface area contributed by atoms with Gasteiger partial charge < -0.3 is 20.4 Å². The highest BCUT2D eigenvalue weighted by Crippen LogP contribution is 2.27. The van der Waals surface area contributed by atoms with Crippen molar-refractivity contribution >= 4 is 34.6 Å². The van der Waals surface area contributed by atoms with E-state index in [-0.39, 0.29) is 17.8 Å². The van der Waals surface area contributed by atoms with E-state index >= 15 is 0 Å². The normalized spacial score (nSPS) is 16.3. The lowest BCUT2D eigenvalue weighted by Crippen LogP contribution is -2.48. The van der Waals surface area contributed by atoms with Crippen LogP contribution in [0.15, 0.2) is 42.6 Å². The number of hydrogen-bond donors (Lipinski definition) is 2. The summed E-state index contributed by atoms with van der Waals surface area (Å²) in [6.07, 6.45) is 8.11. The largest absolute Gasteiger partial charge is 0.496 e. The highest BCUT2D eigenvalue weighted by atomic mass is 16.5. The molecule has 3 aromatic rings. The Morgan fingerprint density at radius 2 is 1.71 bits per heavy atom. The number of imide groups is 1. The standard InChI is InChI=1S/C30H40N8O3/c1-3-4-5-11-32-29-28-24(33-30(31)34-29)10-12-37(28)21-23-7-6-22(19-25(23)41-2)20-36-15-13-35(14-16-36)17-18-38-26(39)8-9-27(38)40/h6-10,12,19H,3-5,11,13-18,20-21H2,1-2H3,(H3,31,32,33,34). The molecule has 11 heteroatoms. The minimum atomic E-state index is -0.214. The first-order chi connectivity index (χ1) is 19.9. The molecule has 0 bridgehead atoms. The van der Waals surface area contributed by atoms with Crippen LogP contribution in [0.25, 0.3) is 11.0 Å². The molecule has 2 aliphatic heterocycles. The van der Waals surface area contributed by atoms with Gasteiger partial charge in [-0.2, -0.15) is 4.98 Å². The summed E-state index contributed by atoms with van der Waals surface area (Å²) in [6.45, 7) is 9.30. The molecule has 0 radical (unpaired) electrons. The summed E-state index contributed by atoms with van der Waals surface area (Å²) < 4.78 is 7.97. The molecule has 0 atom stereocenters. The summed E-state index contributed by atoms with van der Waals surface area (Å²) in [4.78, 5) is 38.6. The Hall–Kier alpha value is -3.96. The van der Waals surface area contributed by atoms with E-state index in [1.165, 1.54) is 22.6 Å². The summed E-state index contributed by atoms with van der Waals surface area (Å²) in [5.74, 6) is 1.45. The first-order valence-corrected chi connectivity index (χ1v) is 14.5. The Balaban J connectivity index is 1.19. The van der Waals surface area contributed by atoms with Gasteiger partial charge in [0, 0.05) is 76.3 Å². The zero-order chi connectivity index (χ0) is 28.8. The second kappa shape index (κ2) is 13.1. The second-order valence-electron chi connectivity index (χ2n) is 10.7. The highest BCUT2D eigenvalue weighted by molar-refractivity contribution is 6.12. The maximum atomic E-state index is 11.8. The van der Waals surface area contributed by atoms with Gasteiger partial charge in [-0.1, -0.05) is 31.9 Å². The van der Waals surface area contributed by atoms with E-state index in [1.54, 1.807) is 7.11 Å². The van der Waals surface area contributed by atoms with Gasteiger partial charge in [0.2, 0.25) is 5.95 Å². The number of hydrogen-bond acceptors (Lipinski definition) is 9. The maximum absolute atomic E-state index is 11.8. The fourth-order valence-electron chi connectivity index (χ4n) is 5.49. The van der Waals surface area contributed by atoms with E-state index in [9.17, 15) is 9.59 Å². The molecule has 0 saturated carbocycles. The number of benzene rings is 1. The Kier molecular flexibility index (Phi) is 9.15. The van der Waals surface area contributed by atoms with Gasteiger partial charge >= 0.3 is 0 Å². The Morgan fingerprint density at radius 3 is 2.44 bits per heavy atom. The number of anilines is 2. The van der Waals surface area contributed by atoms with E-state index in [4.69, 9.17) is 10.5 Å². The van der Waals surface area contributed by atoms with Gasteiger partial charge in [-0.3, -0.25) is 24.3 Å². The molecule has 218 valence electrons. The number of nitrogens with zero attached hydrogens (tertiary/aromatic N) is 6. The van der Waals surface area contributed by atoms with Crippen molar-refractivity contribution in [1.82, 2.24) is 29.2 Å². The molecule has 1 saturated heterocycles. The highest BCUT2D eigenvalue weighted by Gasteiger charge is 2.25. The molecule has 2 amide bonds. The van der Waals surface area contributed by atoms with Crippen LogP contribution < -0.4 is 15.8 Å². The predicted molar refractivity (Wildman–Crippen MR) is 160 cm³/mol. The van der Waals surface area contributed by atoms with Gasteiger partial charge in [0.05, 0.1) is 19.2 Å². The number of rotatable bonds is 13. The van der Waals surface area contributed by atoms with Gasteiger partial charge in [0.25, 0.3) is 11.8 Å². The molecular formula is C30H40N8O3. The number of carbonyl (C=O) groups is 2. The number of methoxy groups -OCH3 is 1. The Bertz CT molecular complexity index is 1390. The SMILES string of the molecule is CCCCCNc1nc(N)nc2ccn(Cc3ccc(CN4CCN(CCN5C(=O)C=CC5=O)CC4)cc3OC)c12. The predicted octanol–water partition coefficient (Wildman–Crippen LogP) is 2.72. The summed E-state index contributed by atoms with van der Waals surface area (Å²) >= 11 is 0. The van der Waals surface area contributed by atoms with Crippen molar-refractivity contribution in [2.24, 2.45) is 0 Å². The van der Waals surface area contributed by atoms with Crippen molar-refractivity contribution in [2.45, 2.75) is 39.3 Å². The molecule has 0 unspecified atom stereocenters. The number of nitrogen functional groups attached to an aromatic ring is 1. The molecule has 2 aliphatic rings. The molecule has 11 nitrogen and oxygen atoms in total. The van der Waals surface area contributed by atoms with E-state index in [1.807, 2.05) is 12.3 Å². The smallest absolute Gasteiger partial charge is 0.253 e. The van der Waals surface area contributed by atoms with Crippen LogP contribution in [0.5, 0.6) is 5.75 Å². The number of nitrogens with two attached hydrogens (primary N) is 1. The molecule has 3 N–H and O–H groups in total. The van der Waals surface area contributed by atoms with E-state index in [0.717, 1.165) is 86.7 Å². The number of carbonyl (C=O) groups excluding carboxylic acids is 2. The number of nitrogens with one attached hydrogen (secondary N) is 1. The van der Waals surface area contributed by atoms with Gasteiger partial charge in [-0.25, -0.2) is 4.98 Å². The quantitative estimate of drug-likeness (QED) is 0.240. The van der Waals surface area contributed by atoms with Crippen LogP contribution in [-0.4, -0.2) is 94.0 Å². The third-order valence-electron chi connectivity index (χ3n) is 7.80. The zero-order valence-electron chi connectivity index (χ0n) is 24.0. The van der Waals surface area contributed by atoms with Crippen LogP contribution in [0.3, 0.4) is 0 Å². The van der Waals surface area contributed by atoms with Crippen molar-refractivity contribution in [3.63, 3.8) is 0 Å². The van der Waals surface area contributed by atoms with Crippen LogP contribution in [0.1, 0.15) is 37.3 Å². The monoisotopic (exact) mass is 560 g/mol. The average molecular weight is 561 g/mol. The van der Waals surface area contributed by atoms with E-state index < -0.39 is 0 Å². The van der Waals surface area contributed by atoms with Gasteiger partial charge in [-0.15, -0.1) is 0 Å². The summed E-state index contributed by atoms with van der Waals surface area (Å²) in [6, 6.07) is 8.42. The van der Waals surface area contributed by atoms with Crippen molar-refractivity contribution in [1.29, 1.82) is 0 Å². The number of amides is 2. The van der Waals surface area contributed by atoms with Crippen molar-refractivity contribution < 1.29 is 14.3 Å². The lowest BCUT2D eigenvalue weighted by atomic mass is 10.1. The molecule has 0 aliphatic carbocycles. The minimum absolute atomic E-state index is 0.214. The molecule has 1 aromatic carbocycles. The number of ether oxygens (including phenoxy) is 1. The van der Waals surface area contributed by atoms with Crippen LogP contribution in [0.4, 0.5) is 11.8 Å². The molecule has 41 heavy (non-hydrogen) atoms. The first kappa shape index (κ1) is 28.6. The molecule has 4 heterocycles. The van der Waals surface area contributed by atoms with Crippen LogP contribution in [-0.2, 0) is 22.7 Å². The van der Waals surface area contributed by atoms with Crippen LogP contribution >= 0.6 is 0 Å². The van der Waals surface area contributed by atoms with Gasteiger partial charge in [-0.05, 0) is 24.1 Å². The number of unbranched alkanes of at least 4 members (excludes halogenated alkanes) is 2. The molecule has 5 rings (SSSR count). The Labute approximate surface area is 241 Å². The van der Waals surface area contributed by atoms with E-state index in [2.05, 4.69) is 54.8 Å². The summed E-state index contributed by atoms with van der Waals surface area (Å²) in [5.41, 5.74) is 10.0. The second-order valence-corrected chi connectivity index (χ2v) is 10.7. The fourth-order valence-corrected chi connectivity index (χ4v) is 5.49. The number of piperazine rings is 1. The Morgan fingerprint density at radius 1 is 0.951 bits per heavy atom. The average Bonchev–Trinajstić information content (AvgIpc) is 3.52. The molecular weight excluding hydrogens is 520 g/mol. The summed E-state index contributed by atoms with van der Waals surface area (Å²) in [5, 5.41) is 3.46. The summed E-state index contributed by atoms with van der Waals surface area (Å²) in [7, 11) is 1.71. The van der Waals surface area contributed by atoms with Gasteiger partial charge in [0.15, 0.2) is 5.82 Å². The van der Waals surface area contributed by atoms with Crippen LogP contribution in [0, 0.1) is 0 Å². The lowest BCUT2D eigenvalue weighted by molar-refractivity contribution is -0.137. The topological polar surface area (TPSA) is 122 Å². The van der Waals surface area contributed by atoms with E-state index in [0.29, 0.717) is 19.6 Å². The zero-order valence-corrected chi connectivity index (χ0v) is 24.0. The van der Waals surface area contributed by atoms with Crippen molar-refractivity contribution in [2.75, 3.05) is 64.0 Å². The maximum Gasteiger partial charge on any atom is 0.253 e. The third kappa shape index (κ3) is 6.86. The first-order valence-electron chi connectivity index (χ1n) is 14.5. The van der Waals surface area contributed by atoms with Crippen molar-refractivity contribution in [3.8, 4) is 5.75 Å². The molecule has 2 aromatic heterocycles. The van der Waals surface area contributed by atoms with Crippen molar-refractivity contribution in [3.05, 3.63) is 53.7 Å². The molecule has 0 spiro atoms. The van der Waals surface area contributed by atoms with Crippen LogP contribution in [0.2, 0.25) is 0 Å². The molecule has 1 fully saturated rings. The fraction of sp³-hybridized carbons (Fsp3) is 0.467.